The Labute approximate surface area is 188 Å². The normalized spacial score (nSPS) is 23.2. The molecule has 2 aromatic heterocycles. The Morgan fingerprint density at radius 2 is 2.06 bits per heavy atom. The minimum absolute atomic E-state index is 0.120. The van der Waals surface area contributed by atoms with Crippen LogP contribution in [-0.4, -0.2) is 64.5 Å². The molecule has 1 aromatic carbocycles. The van der Waals surface area contributed by atoms with Gasteiger partial charge in [0.25, 0.3) is 5.91 Å². The van der Waals surface area contributed by atoms with Crippen molar-refractivity contribution < 1.29 is 34.3 Å². The molecule has 1 saturated heterocycles. The molecule has 32 heavy (non-hydrogen) atoms. The van der Waals surface area contributed by atoms with Crippen LogP contribution >= 0.6 is 11.3 Å². The van der Waals surface area contributed by atoms with E-state index in [9.17, 15) is 20.1 Å². The van der Waals surface area contributed by atoms with Crippen molar-refractivity contribution in [3.05, 3.63) is 53.2 Å². The average Bonchev–Trinajstić information content (AvgIpc) is 3.25. The first-order valence-corrected chi connectivity index (χ1v) is 10.9. The molecule has 1 fully saturated rings. The molecule has 1 aliphatic heterocycles. The number of aromatic nitrogens is 1. The molecule has 4 atom stereocenters. The number of thiophene rings is 1. The molecule has 3 aromatic rings. The molecule has 0 unspecified atom stereocenters. The Kier molecular flexibility index (Phi) is 6.99. The highest BCUT2D eigenvalue weighted by atomic mass is 32.1. The topological polar surface area (TPSA) is 130 Å². The first-order chi connectivity index (χ1) is 15.5. The predicted molar refractivity (Wildman–Crippen MR) is 117 cm³/mol. The number of nitrogens with zero attached hydrogens (tertiary/aromatic N) is 1. The summed E-state index contributed by atoms with van der Waals surface area (Å²) in [6.45, 7) is -0.177. The second-order valence-corrected chi connectivity index (χ2v) is 8.46. The van der Waals surface area contributed by atoms with Gasteiger partial charge in [0, 0.05) is 25.1 Å². The number of rotatable bonds is 7. The summed E-state index contributed by atoms with van der Waals surface area (Å²) >= 11 is 1.35. The highest BCUT2D eigenvalue weighted by Gasteiger charge is 2.36. The fourth-order valence-corrected chi connectivity index (χ4v) is 4.39. The van der Waals surface area contributed by atoms with Crippen molar-refractivity contribution in [2.75, 3.05) is 13.7 Å². The van der Waals surface area contributed by atoms with Crippen LogP contribution in [0.4, 0.5) is 0 Å². The summed E-state index contributed by atoms with van der Waals surface area (Å²) < 4.78 is 18.0. The van der Waals surface area contributed by atoms with E-state index in [1.165, 1.54) is 11.3 Å². The fourth-order valence-electron chi connectivity index (χ4n) is 3.40. The molecule has 1 amide bonds. The molecule has 0 aliphatic carbocycles. The number of nitrogens with one attached hydrogen (secondary N) is 1. The van der Waals surface area contributed by atoms with E-state index in [2.05, 4.69) is 10.3 Å². The quantitative estimate of drug-likeness (QED) is 0.420. The van der Waals surface area contributed by atoms with Crippen LogP contribution < -0.4 is 10.1 Å². The number of aliphatic hydroxyl groups excluding tert-OH is 3. The Morgan fingerprint density at radius 1 is 1.28 bits per heavy atom. The van der Waals surface area contributed by atoms with Crippen LogP contribution in [-0.2, 0) is 16.1 Å². The lowest BCUT2D eigenvalue weighted by atomic mass is 10.0. The third-order valence-corrected chi connectivity index (χ3v) is 6.23. The van der Waals surface area contributed by atoms with Gasteiger partial charge in [0.05, 0.1) is 35.1 Å². The SMILES string of the molecule is CNC(=O)c1cc2c(Oc3ccc(CO[C@H]4C[C@@H](O)[C@H](O)[C@@H](CO)O4)cc3)cncc2s1. The van der Waals surface area contributed by atoms with E-state index in [0.29, 0.717) is 16.4 Å². The monoisotopic (exact) mass is 460 g/mol. The molecule has 9 nitrogen and oxygen atoms in total. The lowest BCUT2D eigenvalue weighted by Gasteiger charge is -2.36. The summed E-state index contributed by atoms with van der Waals surface area (Å²) in [6.07, 6.45) is -0.323. The van der Waals surface area contributed by atoms with E-state index in [4.69, 9.17) is 14.2 Å². The molecule has 0 saturated carbocycles. The number of pyridine rings is 1. The smallest absolute Gasteiger partial charge is 0.261 e. The number of hydrogen-bond acceptors (Lipinski definition) is 9. The predicted octanol–water partition coefficient (Wildman–Crippen LogP) is 1.79. The largest absolute Gasteiger partial charge is 0.455 e. The van der Waals surface area contributed by atoms with Crippen LogP contribution in [0.5, 0.6) is 11.5 Å². The van der Waals surface area contributed by atoms with Crippen LogP contribution in [0, 0.1) is 0 Å². The number of aliphatic hydroxyl groups is 3. The number of carbonyl (C=O) groups is 1. The van der Waals surface area contributed by atoms with Crippen molar-refractivity contribution >= 4 is 27.3 Å². The first kappa shape index (κ1) is 22.6. The lowest BCUT2D eigenvalue weighted by molar-refractivity contribution is -0.260. The van der Waals surface area contributed by atoms with Gasteiger partial charge < -0.3 is 34.8 Å². The van der Waals surface area contributed by atoms with Gasteiger partial charge in [-0.25, -0.2) is 0 Å². The highest BCUT2D eigenvalue weighted by Crippen LogP contribution is 2.34. The Balaban J connectivity index is 1.39. The van der Waals surface area contributed by atoms with Gasteiger partial charge in [-0.2, -0.15) is 0 Å². The van der Waals surface area contributed by atoms with Crippen molar-refractivity contribution in [2.45, 2.75) is 37.6 Å². The van der Waals surface area contributed by atoms with E-state index in [1.807, 2.05) is 12.1 Å². The van der Waals surface area contributed by atoms with E-state index in [-0.39, 0.29) is 18.9 Å². The van der Waals surface area contributed by atoms with Gasteiger partial charge in [-0.15, -0.1) is 11.3 Å². The van der Waals surface area contributed by atoms with Crippen molar-refractivity contribution in [2.24, 2.45) is 0 Å². The second kappa shape index (κ2) is 9.90. The third-order valence-electron chi connectivity index (χ3n) is 5.16. The molecule has 4 rings (SSSR count). The zero-order valence-electron chi connectivity index (χ0n) is 17.3. The van der Waals surface area contributed by atoms with Crippen LogP contribution in [0.3, 0.4) is 0 Å². The fraction of sp³-hybridized carbons (Fsp3) is 0.364. The van der Waals surface area contributed by atoms with Crippen LogP contribution in [0.2, 0.25) is 0 Å². The van der Waals surface area contributed by atoms with Crippen molar-refractivity contribution in [3.63, 3.8) is 0 Å². The van der Waals surface area contributed by atoms with Crippen molar-refractivity contribution in [3.8, 4) is 11.5 Å². The Hall–Kier alpha value is -2.60. The van der Waals surface area contributed by atoms with E-state index in [1.54, 1.807) is 37.6 Å². The summed E-state index contributed by atoms with van der Waals surface area (Å²) in [5.41, 5.74) is 0.857. The van der Waals surface area contributed by atoms with E-state index >= 15 is 0 Å². The van der Waals surface area contributed by atoms with Gasteiger partial charge in [-0.3, -0.25) is 9.78 Å². The molecular weight excluding hydrogens is 436 g/mol. The lowest BCUT2D eigenvalue weighted by Crippen LogP contribution is -2.50. The molecule has 170 valence electrons. The minimum Gasteiger partial charge on any atom is -0.455 e. The van der Waals surface area contributed by atoms with Gasteiger partial charge >= 0.3 is 0 Å². The highest BCUT2D eigenvalue weighted by molar-refractivity contribution is 7.20. The van der Waals surface area contributed by atoms with Crippen LogP contribution in [0.15, 0.2) is 42.7 Å². The molecule has 0 spiro atoms. The number of fused-ring (bicyclic) bond motifs is 1. The first-order valence-electron chi connectivity index (χ1n) is 10.1. The summed E-state index contributed by atoms with van der Waals surface area (Å²) in [5.74, 6) is 0.996. The molecule has 1 aliphatic rings. The standard InChI is InChI=1S/C22H24N2O7S/c1-23-22(28)18-6-14-16(8-24-9-19(14)32-18)30-13-4-2-12(3-5-13)11-29-20-7-15(26)21(27)17(10-25)31-20/h2-6,8-9,15,17,20-21,25-27H,7,10-11H2,1H3,(H,23,28)/t15-,17-,20-,21+/m1/s1. The van der Waals surface area contributed by atoms with Gasteiger partial charge in [0.1, 0.15) is 18.0 Å². The second-order valence-electron chi connectivity index (χ2n) is 7.38. The van der Waals surface area contributed by atoms with Gasteiger partial charge in [0.2, 0.25) is 0 Å². The maximum absolute atomic E-state index is 11.9. The van der Waals surface area contributed by atoms with Crippen molar-refractivity contribution in [1.82, 2.24) is 10.3 Å². The maximum Gasteiger partial charge on any atom is 0.261 e. The number of benzene rings is 1. The average molecular weight is 461 g/mol. The van der Waals surface area contributed by atoms with Gasteiger partial charge in [0.15, 0.2) is 12.0 Å². The summed E-state index contributed by atoms with van der Waals surface area (Å²) in [7, 11) is 1.59. The Morgan fingerprint density at radius 3 is 2.78 bits per heavy atom. The molecule has 0 bridgehead atoms. The molecular formula is C22H24N2O7S. The Bertz CT molecular complexity index is 1070. The van der Waals surface area contributed by atoms with Crippen LogP contribution in [0.25, 0.3) is 10.1 Å². The number of amides is 1. The zero-order valence-corrected chi connectivity index (χ0v) is 18.1. The summed E-state index contributed by atoms with van der Waals surface area (Å²) in [5, 5.41) is 32.3. The molecule has 0 radical (unpaired) electrons. The van der Waals surface area contributed by atoms with E-state index < -0.39 is 31.2 Å². The summed E-state index contributed by atoms with van der Waals surface area (Å²) in [4.78, 5) is 16.7. The number of ether oxygens (including phenoxy) is 3. The zero-order chi connectivity index (χ0) is 22.7. The van der Waals surface area contributed by atoms with Gasteiger partial charge in [-0.05, 0) is 23.8 Å². The van der Waals surface area contributed by atoms with Crippen molar-refractivity contribution in [1.29, 1.82) is 0 Å². The molecule has 3 heterocycles. The minimum atomic E-state index is -1.13. The molecule has 10 heteroatoms. The van der Waals surface area contributed by atoms with Crippen LogP contribution in [0.1, 0.15) is 21.7 Å². The van der Waals surface area contributed by atoms with Gasteiger partial charge in [-0.1, -0.05) is 12.1 Å². The maximum atomic E-state index is 11.9. The molecule has 4 N–H and O–H groups in total. The van der Waals surface area contributed by atoms with E-state index in [0.717, 1.165) is 15.6 Å². The number of carbonyl (C=O) groups excluding carboxylic acids is 1. The number of hydrogen-bond donors (Lipinski definition) is 4. The summed E-state index contributed by atoms with van der Waals surface area (Å²) in [6, 6.07) is 9.04. The third kappa shape index (κ3) is 4.90.